The van der Waals surface area contributed by atoms with Crippen molar-refractivity contribution in [1.29, 1.82) is 0 Å². The van der Waals surface area contributed by atoms with Crippen molar-refractivity contribution < 1.29 is 21.6 Å². The van der Waals surface area contributed by atoms with Crippen LogP contribution in [0.25, 0.3) is 0 Å². The van der Waals surface area contributed by atoms with Crippen molar-refractivity contribution in [3.63, 3.8) is 0 Å². The van der Waals surface area contributed by atoms with Crippen LogP contribution in [0.4, 0.5) is 18.9 Å². The van der Waals surface area contributed by atoms with Gasteiger partial charge in [-0.3, -0.25) is 9.52 Å². The number of aromatic amines is 1. The van der Waals surface area contributed by atoms with Crippen LogP contribution in [0, 0.1) is 0 Å². The molecule has 21 heavy (non-hydrogen) atoms. The van der Waals surface area contributed by atoms with Crippen molar-refractivity contribution in [3.05, 3.63) is 41.2 Å². The lowest BCUT2D eigenvalue weighted by Gasteiger charge is -2.11. The second-order valence-electron chi connectivity index (χ2n) is 3.99. The molecule has 0 fully saturated rings. The molecule has 7 nitrogen and oxygen atoms in total. The van der Waals surface area contributed by atoms with Crippen LogP contribution >= 0.6 is 0 Å². The number of alkyl halides is 3. The highest BCUT2D eigenvalue weighted by Crippen LogP contribution is 2.17. The second kappa shape index (κ2) is 5.24. The number of anilines is 1. The second-order valence-corrected chi connectivity index (χ2v) is 5.64. The third-order valence-electron chi connectivity index (χ3n) is 2.38. The van der Waals surface area contributed by atoms with Gasteiger partial charge in [0.15, 0.2) is 5.03 Å². The first-order valence-electron chi connectivity index (χ1n) is 5.46. The van der Waals surface area contributed by atoms with Crippen LogP contribution in [0.2, 0.25) is 0 Å². The van der Waals surface area contributed by atoms with Crippen molar-refractivity contribution in [3.8, 4) is 0 Å². The summed E-state index contributed by atoms with van der Waals surface area (Å²) in [4.78, 5) is 17.6. The molecule has 0 unspecified atom stereocenters. The highest BCUT2D eigenvalue weighted by atomic mass is 32.2. The molecule has 0 aliphatic carbocycles. The maximum atomic E-state index is 12.3. The number of halogens is 3. The summed E-state index contributed by atoms with van der Waals surface area (Å²) in [6.07, 6.45) is -1.56. The molecule has 2 rings (SSSR count). The van der Waals surface area contributed by atoms with Gasteiger partial charge in [-0.2, -0.15) is 21.6 Å². The SMILES string of the molecule is O=c1c(NS(=O)(=O)c2cnc[nH]2)cccn1CC(F)(F)F. The van der Waals surface area contributed by atoms with Gasteiger partial charge in [-0.15, -0.1) is 0 Å². The van der Waals surface area contributed by atoms with Gasteiger partial charge in [-0.1, -0.05) is 0 Å². The first-order chi connectivity index (χ1) is 9.69. The van der Waals surface area contributed by atoms with Crippen LogP contribution in [-0.2, 0) is 16.6 Å². The van der Waals surface area contributed by atoms with Crippen molar-refractivity contribution in [2.24, 2.45) is 0 Å². The Labute approximate surface area is 116 Å². The van der Waals surface area contributed by atoms with Gasteiger partial charge in [0.25, 0.3) is 15.6 Å². The van der Waals surface area contributed by atoms with Gasteiger partial charge in [0, 0.05) is 6.20 Å². The fourth-order valence-corrected chi connectivity index (χ4v) is 2.48. The number of nitrogens with one attached hydrogen (secondary N) is 2. The predicted molar refractivity (Wildman–Crippen MR) is 66.2 cm³/mol. The molecule has 0 atom stereocenters. The normalized spacial score (nSPS) is 12.3. The minimum absolute atomic E-state index is 0.312. The Hall–Kier alpha value is -2.30. The summed E-state index contributed by atoms with van der Waals surface area (Å²) in [7, 11) is -4.12. The molecule has 0 amide bonds. The van der Waals surface area contributed by atoms with Crippen LogP contribution in [0.5, 0.6) is 0 Å². The zero-order chi connectivity index (χ0) is 15.7. The molecule has 0 saturated heterocycles. The van der Waals surface area contributed by atoms with Crippen molar-refractivity contribution >= 4 is 15.7 Å². The number of H-pyrrole nitrogens is 1. The Morgan fingerprint density at radius 1 is 1.38 bits per heavy atom. The van der Waals surface area contributed by atoms with E-state index in [1.54, 1.807) is 0 Å². The van der Waals surface area contributed by atoms with Gasteiger partial charge in [0.05, 0.1) is 12.5 Å². The van der Waals surface area contributed by atoms with E-state index in [0.29, 0.717) is 4.57 Å². The number of imidazole rings is 1. The number of rotatable bonds is 4. The predicted octanol–water partition coefficient (Wildman–Crippen LogP) is 0.934. The summed E-state index contributed by atoms with van der Waals surface area (Å²) in [6.45, 7) is -1.51. The molecule has 2 heterocycles. The summed E-state index contributed by atoms with van der Waals surface area (Å²) in [5.74, 6) is 0. The summed E-state index contributed by atoms with van der Waals surface area (Å²) in [5.41, 5.74) is -1.59. The van der Waals surface area contributed by atoms with E-state index in [4.69, 9.17) is 0 Å². The van der Waals surface area contributed by atoms with Gasteiger partial charge in [-0.25, -0.2) is 4.98 Å². The lowest BCUT2D eigenvalue weighted by atomic mass is 10.4. The van der Waals surface area contributed by atoms with Crippen molar-refractivity contribution in [1.82, 2.24) is 14.5 Å². The molecular weight excluding hydrogens is 313 g/mol. The molecule has 0 spiro atoms. The molecule has 2 N–H and O–H groups in total. The lowest BCUT2D eigenvalue weighted by molar-refractivity contribution is -0.141. The summed E-state index contributed by atoms with van der Waals surface area (Å²) in [5, 5.41) is -0.312. The third kappa shape index (κ3) is 3.62. The standard InChI is InChI=1S/C10H9F3N4O3S/c11-10(12,13)5-17-3-1-2-7(9(17)18)16-21(19,20)8-4-14-6-15-8/h1-4,6,16H,5H2,(H,14,15). The average molecular weight is 322 g/mol. The zero-order valence-electron chi connectivity index (χ0n) is 10.3. The maximum absolute atomic E-state index is 12.3. The number of sulfonamides is 1. The van der Waals surface area contributed by atoms with Gasteiger partial charge in [-0.05, 0) is 12.1 Å². The monoisotopic (exact) mass is 322 g/mol. The Morgan fingerprint density at radius 3 is 2.67 bits per heavy atom. The smallest absolute Gasteiger partial charge is 0.334 e. The van der Waals surface area contributed by atoms with Gasteiger partial charge < -0.3 is 9.55 Å². The minimum Gasteiger partial charge on any atom is -0.334 e. The number of nitrogens with zero attached hydrogens (tertiary/aromatic N) is 2. The largest absolute Gasteiger partial charge is 0.406 e. The topological polar surface area (TPSA) is 96.8 Å². The number of hydrogen-bond acceptors (Lipinski definition) is 4. The summed E-state index contributed by atoms with van der Waals surface area (Å²) >= 11 is 0. The number of hydrogen-bond donors (Lipinski definition) is 2. The molecule has 11 heteroatoms. The van der Waals surface area contributed by atoms with E-state index in [1.165, 1.54) is 0 Å². The first kappa shape index (κ1) is 15.1. The molecule has 2 aromatic rings. The van der Waals surface area contributed by atoms with Crippen LogP contribution in [0.15, 0.2) is 40.7 Å². The quantitative estimate of drug-likeness (QED) is 0.875. The molecule has 0 bridgehead atoms. The van der Waals surface area contributed by atoms with E-state index in [-0.39, 0.29) is 5.03 Å². The van der Waals surface area contributed by atoms with Crippen molar-refractivity contribution in [2.45, 2.75) is 17.7 Å². The van der Waals surface area contributed by atoms with E-state index < -0.39 is 34.0 Å². The minimum atomic E-state index is -4.59. The van der Waals surface area contributed by atoms with E-state index in [9.17, 15) is 26.4 Å². The molecule has 0 saturated carbocycles. The maximum Gasteiger partial charge on any atom is 0.406 e. The van der Waals surface area contributed by atoms with Crippen LogP contribution < -0.4 is 10.3 Å². The van der Waals surface area contributed by atoms with E-state index in [1.807, 2.05) is 4.72 Å². The van der Waals surface area contributed by atoms with Crippen LogP contribution in [0.3, 0.4) is 0 Å². The molecule has 114 valence electrons. The fraction of sp³-hybridized carbons (Fsp3) is 0.200. The number of pyridine rings is 1. The molecule has 2 aromatic heterocycles. The highest BCUT2D eigenvalue weighted by molar-refractivity contribution is 7.92. The lowest BCUT2D eigenvalue weighted by Crippen LogP contribution is -2.30. The fourth-order valence-electron chi connectivity index (χ4n) is 1.52. The number of aromatic nitrogens is 3. The zero-order valence-corrected chi connectivity index (χ0v) is 11.1. The third-order valence-corrected chi connectivity index (χ3v) is 3.67. The van der Waals surface area contributed by atoms with Gasteiger partial charge in [0.2, 0.25) is 0 Å². The van der Waals surface area contributed by atoms with E-state index in [0.717, 1.165) is 30.9 Å². The van der Waals surface area contributed by atoms with E-state index in [2.05, 4.69) is 9.97 Å². The van der Waals surface area contributed by atoms with Gasteiger partial charge in [0.1, 0.15) is 12.2 Å². The van der Waals surface area contributed by atoms with Gasteiger partial charge >= 0.3 is 6.18 Å². The van der Waals surface area contributed by atoms with Crippen molar-refractivity contribution in [2.75, 3.05) is 4.72 Å². The highest BCUT2D eigenvalue weighted by Gasteiger charge is 2.29. The molecule has 0 aliphatic heterocycles. The average Bonchev–Trinajstić information content (AvgIpc) is 2.87. The Kier molecular flexibility index (Phi) is 3.77. The molecule has 0 aromatic carbocycles. The first-order valence-corrected chi connectivity index (χ1v) is 6.95. The Bertz CT molecular complexity index is 781. The summed E-state index contributed by atoms with van der Waals surface area (Å²) in [6, 6.07) is 2.21. The van der Waals surface area contributed by atoms with Crippen LogP contribution in [0.1, 0.15) is 0 Å². The molecule has 0 radical (unpaired) electrons. The van der Waals surface area contributed by atoms with E-state index >= 15 is 0 Å². The molecular formula is C10H9F3N4O3S. The molecule has 0 aliphatic rings. The van der Waals surface area contributed by atoms with Crippen LogP contribution in [-0.4, -0.2) is 29.1 Å². The summed E-state index contributed by atoms with van der Waals surface area (Å²) < 4.78 is 62.9. The Balaban J connectivity index is 2.34. The Morgan fingerprint density at radius 2 is 2.10 bits per heavy atom.